The first kappa shape index (κ1) is 34.3. The number of aromatic nitrogens is 5. The summed E-state index contributed by atoms with van der Waals surface area (Å²) in [5.74, 6) is -2.69. The summed E-state index contributed by atoms with van der Waals surface area (Å²) in [5, 5.41) is 11.9. The SMILES string of the molecule is CCc1c(N2CCN(C(=O)c3ncnc(C)c3O)CC2)c(=O)c2nc(N(C)C)cnc2n1CC(=O)Nc1c(F)cc(C(F)(F)F)cc1Cl. The number of nitrogens with zero attached hydrogens (tertiary/aromatic N) is 8. The van der Waals surface area contributed by atoms with Gasteiger partial charge in [-0.05, 0) is 25.5 Å². The van der Waals surface area contributed by atoms with E-state index in [0.717, 1.165) is 0 Å². The molecule has 2 N–H and O–H groups in total. The van der Waals surface area contributed by atoms with Crippen molar-refractivity contribution in [3.63, 3.8) is 0 Å². The van der Waals surface area contributed by atoms with Crippen molar-refractivity contribution in [2.75, 3.05) is 55.4 Å². The number of rotatable bonds is 7. The highest BCUT2D eigenvalue weighted by Gasteiger charge is 2.33. The molecule has 5 rings (SSSR count). The van der Waals surface area contributed by atoms with E-state index in [1.54, 1.807) is 37.7 Å². The van der Waals surface area contributed by atoms with E-state index in [1.807, 2.05) is 0 Å². The van der Waals surface area contributed by atoms with Gasteiger partial charge in [-0.3, -0.25) is 14.4 Å². The number of piperazine rings is 1. The fourth-order valence-electron chi connectivity index (χ4n) is 5.38. The van der Waals surface area contributed by atoms with Crippen LogP contribution in [0.2, 0.25) is 5.02 Å². The number of amides is 2. The van der Waals surface area contributed by atoms with Crippen LogP contribution in [0.25, 0.3) is 11.2 Å². The molecule has 4 aromatic rings. The zero-order valence-electron chi connectivity index (χ0n) is 26.2. The molecule has 1 aliphatic heterocycles. The highest BCUT2D eigenvalue weighted by molar-refractivity contribution is 6.33. The molecule has 254 valence electrons. The van der Waals surface area contributed by atoms with Crippen molar-refractivity contribution in [3.05, 3.63) is 68.4 Å². The second kappa shape index (κ2) is 13.2. The molecule has 18 heteroatoms. The monoisotopic (exact) mass is 691 g/mol. The molecule has 1 aromatic carbocycles. The number of fused-ring (bicyclic) bond motifs is 1. The second-order valence-electron chi connectivity index (χ2n) is 11.2. The van der Waals surface area contributed by atoms with Crippen LogP contribution in [0.4, 0.5) is 34.8 Å². The van der Waals surface area contributed by atoms with E-state index in [1.165, 1.54) is 22.0 Å². The van der Waals surface area contributed by atoms with Crippen molar-refractivity contribution in [3.8, 4) is 5.75 Å². The van der Waals surface area contributed by atoms with Crippen molar-refractivity contribution >= 4 is 51.8 Å². The van der Waals surface area contributed by atoms with Gasteiger partial charge in [0.1, 0.15) is 30.2 Å². The molecule has 1 aliphatic rings. The van der Waals surface area contributed by atoms with Gasteiger partial charge in [0.25, 0.3) is 5.91 Å². The van der Waals surface area contributed by atoms with Gasteiger partial charge in [0.05, 0.1) is 28.2 Å². The third-order valence-corrected chi connectivity index (χ3v) is 8.14. The molecule has 0 saturated carbocycles. The van der Waals surface area contributed by atoms with Crippen LogP contribution in [0, 0.1) is 12.7 Å². The lowest BCUT2D eigenvalue weighted by atomic mass is 10.1. The Bertz CT molecular complexity index is 1960. The van der Waals surface area contributed by atoms with E-state index in [9.17, 15) is 37.1 Å². The molecule has 13 nitrogen and oxygen atoms in total. The van der Waals surface area contributed by atoms with Crippen LogP contribution < -0.4 is 20.5 Å². The number of carbonyl (C=O) groups is 2. The normalized spacial score (nSPS) is 13.6. The van der Waals surface area contributed by atoms with Crippen LogP contribution in [-0.2, 0) is 23.9 Å². The Morgan fingerprint density at radius 1 is 1.10 bits per heavy atom. The molecule has 0 spiro atoms. The summed E-state index contributed by atoms with van der Waals surface area (Å²) in [7, 11) is 3.41. The predicted molar refractivity (Wildman–Crippen MR) is 169 cm³/mol. The first-order valence-electron chi connectivity index (χ1n) is 14.6. The van der Waals surface area contributed by atoms with Crippen LogP contribution in [-0.4, -0.2) is 86.6 Å². The van der Waals surface area contributed by atoms with E-state index in [0.29, 0.717) is 17.6 Å². The van der Waals surface area contributed by atoms with Gasteiger partial charge in [-0.1, -0.05) is 18.5 Å². The highest BCUT2D eigenvalue weighted by Crippen LogP contribution is 2.36. The number of benzene rings is 1. The lowest BCUT2D eigenvalue weighted by Gasteiger charge is -2.37. The third-order valence-electron chi connectivity index (χ3n) is 7.85. The molecule has 4 heterocycles. The van der Waals surface area contributed by atoms with Gasteiger partial charge >= 0.3 is 6.18 Å². The van der Waals surface area contributed by atoms with Gasteiger partial charge < -0.3 is 29.7 Å². The zero-order chi connectivity index (χ0) is 35.1. The number of carbonyl (C=O) groups excluding carboxylic acids is 2. The summed E-state index contributed by atoms with van der Waals surface area (Å²) in [5.41, 5.74) is -1.69. The number of hydrogen-bond donors (Lipinski definition) is 2. The Morgan fingerprint density at radius 2 is 1.79 bits per heavy atom. The van der Waals surface area contributed by atoms with Crippen LogP contribution in [0.3, 0.4) is 0 Å². The number of aromatic hydroxyl groups is 1. The number of halogens is 5. The lowest BCUT2D eigenvalue weighted by Crippen LogP contribution is -2.50. The number of hydrogen-bond acceptors (Lipinski definition) is 10. The largest absolute Gasteiger partial charge is 0.504 e. The van der Waals surface area contributed by atoms with Crippen molar-refractivity contribution in [1.82, 2.24) is 29.4 Å². The molecule has 3 aromatic heterocycles. The van der Waals surface area contributed by atoms with Crippen LogP contribution in [0.15, 0.2) is 29.5 Å². The summed E-state index contributed by atoms with van der Waals surface area (Å²) < 4.78 is 55.6. The number of alkyl halides is 3. The molecule has 48 heavy (non-hydrogen) atoms. The number of anilines is 3. The molecule has 1 fully saturated rings. The van der Waals surface area contributed by atoms with E-state index in [-0.39, 0.29) is 72.7 Å². The third kappa shape index (κ3) is 6.54. The average molecular weight is 692 g/mol. The molecule has 2 amide bonds. The molecule has 0 aliphatic carbocycles. The van der Waals surface area contributed by atoms with Crippen LogP contribution >= 0.6 is 11.6 Å². The fourth-order valence-corrected chi connectivity index (χ4v) is 5.63. The minimum absolute atomic E-state index is 0.0557. The molecular formula is C30H30ClF4N9O4. The molecule has 0 bridgehead atoms. The predicted octanol–water partition coefficient (Wildman–Crippen LogP) is 3.64. The minimum atomic E-state index is -4.85. The summed E-state index contributed by atoms with van der Waals surface area (Å²) in [4.78, 5) is 62.2. The molecule has 0 atom stereocenters. The molecular weight excluding hydrogens is 662 g/mol. The van der Waals surface area contributed by atoms with Crippen LogP contribution in [0.1, 0.15) is 34.4 Å². The van der Waals surface area contributed by atoms with Crippen molar-refractivity contribution in [2.24, 2.45) is 0 Å². The average Bonchev–Trinajstić information content (AvgIpc) is 3.04. The second-order valence-corrected chi connectivity index (χ2v) is 11.6. The molecule has 0 radical (unpaired) electrons. The Kier molecular flexibility index (Phi) is 9.44. The van der Waals surface area contributed by atoms with Crippen LogP contribution in [0.5, 0.6) is 5.75 Å². The number of nitrogens with one attached hydrogen (secondary N) is 1. The summed E-state index contributed by atoms with van der Waals surface area (Å²) in [6.07, 6.45) is -2.03. The minimum Gasteiger partial charge on any atom is -0.504 e. The van der Waals surface area contributed by atoms with Gasteiger partial charge in [0.15, 0.2) is 22.6 Å². The van der Waals surface area contributed by atoms with E-state index in [4.69, 9.17) is 11.6 Å². The van der Waals surface area contributed by atoms with E-state index >= 15 is 0 Å². The topological polar surface area (TPSA) is 150 Å². The van der Waals surface area contributed by atoms with Crippen molar-refractivity contribution < 1.29 is 32.3 Å². The van der Waals surface area contributed by atoms with Gasteiger partial charge in [0, 0.05) is 46.0 Å². The maximum absolute atomic E-state index is 14.7. The number of aryl methyl sites for hydroxylation is 1. The summed E-state index contributed by atoms with van der Waals surface area (Å²) in [6.45, 7) is 3.50. The zero-order valence-corrected chi connectivity index (χ0v) is 26.9. The highest BCUT2D eigenvalue weighted by atomic mass is 35.5. The first-order valence-corrected chi connectivity index (χ1v) is 15.0. The Balaban J connectivity index is 1.51. The summed E-state index contributed by atoms with van der Waals surface area (Å²) >= 11 is 5.94. The Hall–Kier alpha value is -5.06. The quantitative estimate of drug-likeness (QED) is 0.275. The van der Waals surface area contributed by atoms with Crippen molar-refractivity contribution in [1.29, 1.82) is 0 Å². The fraction of sp³-hybridized carbons (Fsp3) is 0.367. The smallest absolute Gasteiger partial charge is 0.416 e. The number of pyridine rings is 1. The summed E-state index contributed by atoms with van der Waals surface area (Å²) in [6, 6.07) is 0.744. The Labute approximate surface area is 275 Å². The van der Waals surface area contributed by atoms with Gasteiger partial charge in [-0.25, -0.2) is 24.3 Å². The maximum Gasteiger partial charge on any atom is 0.416 e. The standard InChI is InChI=1S/C30H30ClF4N9O4/c1-5-19-25(42-6-8-43(9-7-42)29(48)24-26(46)15(2)37-14-38-24)27(47)23-28(36-12-20(39-23)41(3)4)44(19)13-21(45)40-22-17(31)10-16(11-18(22)32)30(33,34)35/h10-12,14,46H,5-9,13H2,1-4H3,(H,40,45). The van der Waals surface area contributed by atoms with E-state index in [2.05, 4.69) is 25.3 Å². The maximum atomic E-state index is 14.7. The first-order chi connectivity index (χ1) is 22.6. The molecule has 0 unspecified atom stereocenters. The Morgan fingerprint density at radius 3 is 2.40 bits per heavy atom. The molecule has 1 saturated heterocycles. The van der Waals surface area contributed by atoms with Crippen molar-refractivity contribution in [2.45, 2.75) is 33.0 Å². The van der Waals surface area contributed by atoms with Gasteiger partial charge in [-0.15, -0.1) is 0 Å². The van der Waals surface area contributed by atoms with Gasteiger partial charge in [-0.2, -0.15) is 13.2 Å². The van der Waals surface area contributed by atoms with Gasteiger partial charge in [0.2, 0.25) is 11.3 Å². The van der Waals surface area contributed by atoms with E-state index < -0.39 is 52.1 Å². The lowest BCUT2D eigenvalue weighted by molar-refractivity contribution is -0.137.